The molecule has 0 atom stereocenters. The molecule has 0 bridgehead atoms. The van der Waals surface area contributed by atoms with Crippen molar-refractivity contribution in [2.75, 3.05) is 6.54 Å². The average molecular weight is 234 g/mol. The lowest BCUT2D eigenvalue weighted by molar-refractivity contribution is 0.673. The highest BCUT2D eigenvalue weighted by Crippen LogP contribution is 2.18. The predicted octanol–water partition coefficient (Wildman–Crippen LogP) is 2.10. The zero-order chi connectivity index (χ0) is 11.2. The van der Waals surface area contributed by atoms with Crippen LogP contribution in [0.25, 0.3) is 11.4 Å². The van der Waals surface area contributed by atoms with Crippen LogP contribution in [0, 0.1) is 0 Å². The smallest absolute Gasteiger partial charge is 0.108 e. The molecule has 2 rings (SSSR count). The van der Waals surface area contributed by atoms with Crippen molar-refractivity contribution in [2.45, 2.75) is 19.9 Å². The summed E-state index contributed by atoms with van der Waals surface area (Å²) in [5.74, 6) is 0. The first-order valence-corrected chi connectivity index (χ1v) is 6.19. The highest BCUT2D eigenvalue weighted by molar-refractivity contribution is 7.09. The fourth-order valence-electron chi connectivity index (χ4n) is 1.31. The largest absolute Gasteiger partial charge is 0.310 e. The molecule has 0 aliphatic rings. The molecule has 0 aromatic carbocycles. The number of nitrogens with one attached hydrogen (secondary N) is 1. The maximum atomic E-state index is 4.51. The summed E-state index contributed by atoms with van der Waals surface area (Å²) in [6, 6.07) is 0. The van der Waals surface area contributed by atoms with Crippen LogP contribution in [0.2, 0.25) is 0 Å². The van der Waals surface area contributed by atoms with Crippen LogP contribution in [0.4, 0.5) is 0 Å². The maximum Gasteiger partial charge on any atom is 0.108 e. The summed E-state index contributed by atoms with van der Waals surface area (Å²) in [5.41, 5.74) is 1.74. The van der Waals surface area contributed by atoms with Gasteiger partial charge >= 0.3 is 0 Å². The van der Waals surface area contributed by atoms with E-state index in [2.05, 4.69) is 27.2 Å². The van der Waals surface area contributed by atoms with E-state index in [4.69, 9.17) is 0 Å². The Kier molecular flexibility index (Phi) is 3.96. The fraction of sp³-hybridized carbons (Fsp3) is 0.364. The molecule has 2 aromatic heterocycles. The van der Waals surface area contributed by atoms with E-state index in [1.807, 2.05) is 5.38 Å². The number of hydrogen-bond donors (Lipinski definition) is 1. The highest BCUT2D eigenvalue weighted by Gasteiger charge is 2.04. The maximum absolute atomic E-state index is 4.51. The van der Waals surface area contributed by atoms with Crippen molar-refractivity contribution in [3.8, 4) is 11.4 Å². The van der Waals surface area contributed by atoms with Crippen LogP contribution in [0.1, 0.15) is 18.4 Å². The summed E-state index contributed by atoms with van der Waals surface area (Å²) < 4.78 is 0. The van der Waals surface area contributed by atoms with Crippen LogP contribution in [-0.2, 0) is 6.54 Å². The van der Waals surface area contributed by atoms with Crippen LogP contribution < -0.4 is 5.32 Å². The second kappa shape index (κ2) is 5.67. The molecule has 0 saturated carbocycles. The van der Waals surface area contributed by atoms with Crippen molar-refractivity contribution in [3.63, 3.8) is 0 Å². The van der Waals surface area contributed by atoms with Gasteiger partial charge in [0.05, 0.1) is 6.20 Å². The first-order valence-electron chi connectivity index (χ1n) is 5.31. The van der Waals surface area contributed by atoms with E-state index in [9.17, 15) is 0 Å². The van der Waals surface area contributed by atoms with E-state index in [0.29, 0.717) is 0 Å². The number of hydrogen-bond acceptors (Lipinski definition) is 5. The van der Waals surface area contributed by atoms with E-state index < -0.39 is 0 Å². The molecule has 0 aliphatic carbocycles. The lowest BCUT2D eigenvalue weighted by atomic mass is 10.3. The van der Waals surface area contributed by atoms with Crippen LogP contribution >= 0.6 is 11.3 Å². The SMILES string of the molecule is CCCNCc1nc(-c2cnccn2)cs1. The number of aromatic nitrogens is 3. The van der Waals surface area contributed by atoms with E-state index >= 15 is 0 Å². The Morgan fingerprint density at radius 2 is 2.25 bits per heavy atom. The quantitative estimate of drug-likeness (QED) is 0.805. The van der Waals surface area contributed by atoms with Crippen molar-refractivity contribution < 1.29 is 0 Å². The molecule has 2 heterocycles. The minimum Gasteiger partial charge on any atom is -0.310 e. The van der Waals surface area contributed by atoms with Gasteiger partial charge in [0.2, 0.25) is 0 Å². The monoisotopic (exact) mass is 234 g/mol. The third-order valence-corrected chi connectivity index (χ3v) is 2.93. The third-order valence-electron chi connectivity index (χ3n) is 2.08. The molecule has 5 heteroatoms. The van der Waals surface area contributed by atoms with Gasteiger partial charge in [-0.1, -0.05) is 6.92 Å². The fourth-order valence-corrected chi connectivity index (χ4v) is 2.07. The number of nitrogens with zero attached hydrogens (tertiary/aromatic N) is 3. The molecule has 0 unspecified atom stereocenters. The molecular weight excluding hydrogens is 220 g/mol. The molecule has 4 nitrogen and oxygen atoms in total. The van der Waals surface area contributed by atoms with E-state index in [1.165, 1.54) is 0 Å². The summed E-state index contributed by atoms with van der Waals surface area (Å²) in [6.45, 7) is 4.01. The van der Waals surface area contributed by atoms with Gasteiger partial charge in [0.25, 0.3) is 0 Å². The summed E-state index contributed by atoms with van der Waals surface area (Å²) in [4.78, 5) is 12.8. The minimum atomic E-state index is 0.832. The van der Waals surface area contributed by atoms with Gasteiger partial charge in [-0.2, -0.15) is 0 Å². The Morgan fingerprint density at radius 3 is 3.00 bits per heavy atom. The van der Waals surface area contributed by atoms with Crippen LogP contribution in [-0.4, -0.2) is 21.5 Å². The van der Waals surface area contributed by atoms with E-state index in [0.717, 1.165) is 35.9 Å². The molecule has 16 heavy (non-hydrogen) atoms. The minimum absolute atomic E-state index is 0.832. The molecule has 0 saturated heterocycles. The summed E-state index contributed by atoms with van der Waals surface area (Å²) in [6.07, 6.45) is 6.23. The second-order valence-corrected chi connectivity index (χ2v) is 4.34. The molecule has 84 valence electrons. The van der Waals surface area contributed by atoms with Crippen LogP contribution in [0.3, 0.4) is 0 Å². The average Bonchev–Trinajstić information content (AvgIpc) is 2.79. The molecular formula is C11H14N4S. The Hall–Kier alpha value is -1.33. The molecule has 0 spiro atoms. The van der Waals surface area contributed by atoms with Gasteiger partial charge in [0.15, 0.2) is 0 Å². The van der Waals surface area contributed by atoms with Gasteiger partial charge < -0.3 is 5.32 Å². The lowest BCUT2D eigenvalue weighted by Gasteiger charge is -1.97. The van der Waals surface area contributed by atoms with Gasteiger partial charge in [-0.3, -0.25) is 9.97 Å². The Labute approximate surface area is 98.8 Å². The van der Waals surface area contributed by atoms with Crippen LogP contribution in [0.15, 0.2) is 24.0 Å². The summed E-state index contributed by atoms with van der Waals surface area (Å²) >= 11 is 1.65. The highest BCUT2D eigenvalue weighted by atomic mass is 32.1. The molecule has 0 radical (unpaired) electrons. The topological polar surface area (TPSA) is 50.7 Å². The Morgan fingerprint density at radius 1 is 1.31 bits per heavy atom. The number of thiazole rings is 1. The molecule has 1 N–H and O–H groups in total. The zero-order valence-corrected chi connectivity index (χ0v) is 10.00. The van der Waals surface area contributed by atoms with Crippen molar-refractivity contribution in [3.05, 3.63) is 29.0 Å². The lowest BCUT2D eigenvalue weighted by Crippen LogP contribution is -2.13. The van der Waals surface area contributed by atoms with E-state index in [1.54, 1.807) is 29.9 Å². The summed E-state index contributed by atoms with van der Waals surface area (Å²) in [7, 11) is 0. The zero-order valence-electron chi connectivity index (χ0n) is 9.18. The predicted molar refractivity (Wildman–Crippen MR) is 65.1 cm³/mol. The standard InChI is InChI=1S/C11H14N4S/c1-2-3-12-7-11-15-10(8-16-11)9-6-13-4-5-14-9/h4-6,8,12H,2-3,7H2,1H3. The van der Waals surface area contributed by atoms with Gasteiger partial charge in [-0.05, 0) is 13.0 Å². The molecule has 2 aromatic rings. The van der Waals surface area contributed by atoms with Crippen molar-refractivity contribution in [1.29, 1.82) is 0 Å². The van der Waals surface area contributed by atoms with Crippen molar-refractivity contribution in [1.82, 2.24) is 20.3 Å². The summed E-state index contributed by atoms with van der Waals surface area (Å²) in [5, 5.41) is 6.44. The second-order valence-electron chi connectivity index (χ2n) is 3.39. The van der Waals surface area contributed by atoms with Gasteiger partial charge in [-0.15, -0.1) is 11.3 Å². The Bertz CT molecular complexity index is 427. The van der Waals surface area contributed by atoms with E-state index in [-0.39, 0.29) is 0 Å². The normalized spacial score (nSPS) is 10.6. The van der Waals surface area contributed by atoms with Crippen LogP contribution in [0.5, 0.6) is 0 Å². The van der Waals surface area contributed by atoms with Crippen molar-refractivity contribution >= 4 is 11.3 Å². The molecule has 0 aliphatic heterocycles. The number of rotatable bonds is 5. The molecule has 0 amide bonds. The first-order chi connectivity index (χ1) is 7.90. The first kappa shape index (κ1) is 11.2. The van der Waals surface area contributed by atoms with Crippen molar-refractivity contribution in [2.24, 2.45) is 0 Å². The molecule has 0 fully saturated rings. The van der Waals surface area contributed by atoms with Gasteiger partial charge in [0, 0.05) is 24.3 Å². The van der Waals surface area contributed by atoms with Gasteiger partial charge in [0.1, 0.15) is 16.4 Å². The van der Waals surface area contributed by atoms with Gasteiger partial charge in [-0.25, -0.2) is 4.98 Å². The Balaban J connectivity index is 2.02. The third kappa shape index (κ3) is 2.84.